The maximum absolute atomic E-state index is 3.60. The summed E-state index contributed by atoms with van der Waals surface area (Å²) in [4.78, 5) is 0. The van der Waals surface area contributed by atoms with Gasteiger partial charge in [0.05, 0.1) is 0 Å². The Morgan fingerprint density at radius 2 is 1.56 bits per heavy atom. The summed E-state index contributed by atoms with van der Waals surface area (Å²) in [7, 11) is 0. The minimum atomic E-state index is 0.614. The van der Waals surface area contributed by atoms with Gasteiger partial charge < -0.3 is 10.6 Å². The van der Waals surface area contributed by atoms with E-state index in [0.29, 0.717) is 6.04 Å². The molecule has 0 aromatic carbocycles. The van der Waals surface area contributed by atoms with Crippen molar-refractivity contribution in [3.63, 3.8) is 0 Å². The lowest BCUT2D eigenvalue weighted by molar-refractivity contribution is 0.360. The molecular formula is C14H30N2. The molecule has 1 aliphatic carbocycles. The topological polar surface area (TPSA) is 24.1 Å². The quantitative estimate of drug-likeness (QED) is 0.681. The first kappa shape index (κ1) is 14.0. The van der Waals surface area contributed by atoms with Gasteiger partial charge in [-0.15, -0.1) is 0 Å². The zero-order valence-electron chi connectivity index (χ0n) is 11.2. The largest absolute Gasteiger partial charge is 0.315 e. The Hall–Kier alpha value is -0.0800. The third-order valence-corrected chi connectivity index (χ3v) is 3.51. The standard InChI is InChI=1S/C14H30N2/c1-13(2)16-11-10-15-12-14-8-6-4-3-5-7-9-14/h13-16H,3-12H2,1-2H3. The molecule has 0 aliphatic heterocycles. The summed E-state index contributed by atoms with van der Waals surface area (Å²) in [5.74, 6) is 0.944. The Bertz CT molecular complexity index is 149. The van der Waals surface area contributed by atoms with E-state index in [0.717, 1.165) is 19.0 Å². The first-order valence-electron chi connectivity index (χ1n) is 7.23. The third-order valence-electron chi connectivity index (χ3n) is 3.51. The summed E-state index contributed by atoms with van der Waals surface area (Å²) in [6.07, 6.45) is 10.2. The fraction of sp³-hybridized carbons (Fsp3) is 1.00. The maximum atomic E-state index is 3.60. The molecule has 96 valence electrons. The minimum absolute atomic E-state index is 0.614. The van der Waals surface area contributed by atoms with E-state index >= 15 is 0 Å². The molecule has 1 fully saturated rings. The zero-order chi connectivity index (χ0) is 11.6. The van der Waals surface area contributed by atoms with Gasteiger partial charge in [0.15, 0.2) is 0 Å². The molecule has 0 heterocycles. The Labute approximate surface area is 102 Å². The Morgan fingerprint density at radius 1 is 0.938 bits per heavy atom. The Kier molecular flexibility index (Phi) is 7.87. The highest BCUT2D eigenvalue weighted by Gasteiger charge is 2.10. The van der Waals surface area contributed by atoms with Crippen LogP contribution in [0.1, 0.15) is 58.8 Å². The van der Waals surface area contributed by atoms with Gasteiger partial charge in [-0.05, 0) is 25.3 Å². The molecule has 2 N–H and O–H groups in total. The van der Waals surface area contributed by atoms with Crippen molar-refractivity contribution in [3.8, 4) is 0 Å². The van der Waals surface area contributed by atoms with Crippen molar-refractivity contribution in [2.75, 3.05) is 19.6 Å². The molecule has 0 aromatic rings. The van der Waals surface area contributed by atoms with Crippen LogP contribution >= 0.6 is 0 Å². The van der Waals surface area contributed by atoms with Crippen LogP contribution in [0.25, 0.3) is 0 Å². The van der Waals surface area contributed by atoms with Crippen LogP contribution < -0.4 is 10.6 Å². The van der Waals surface area contributed by atoms with E-state index in [4.69, 9.17) is 0 Å². The van der Waals surface area contributed by atoms with E-state index in [1.54, 1.807) is 0 Å². The molecule has 0 spiro atoms. The molecule has 0 radical (unpaired) electrons. The molecule has 0 aromatic heterocycles. The van der Waals surface area contributed by atoms with Crippen molar-refractivity contribution in [2.45, 2.75) is 64.8 Å². The van der Waals surface area contributed by atoms with Gasteiger partial charge in [-0.2, -0.15) is 0 Å². The van der Waals surface area contributed by atoms with E-state index < -0.39 is 0 Å². The second-order valence-corrected chi connectivity index (χ2v) is 5.52. The summed E-state index contributed by atoms with van der Waals surface area (Å²) in [6, 6.07) is 0.614. The second kappa shape index (κ2) is 9.00. The molecule has 0 atom stereocenters. The molecule has 0 bridgehead atoms. The number of rotatable bonds is 6. The van der Waals surface area contributed by atoms with Crippen molar-refractivity contribution >= 4 is 0 Å². The second-order valence-electron chi connectivity index (χ2n) is 5.52. The van der Waals surface area contributed by atoms with Crippen LogP contribution in [0.3, 0.4) is 0 Å². The highest BCUT2D eigenvalue weighted by atomic mass is 15.0. The van der Waals surface area contributed by atoms with Crippen LogP contribution in [0.5, 0.6) is 0 Å². The molecule has 1 rings (SSSR count). The van der Waals surface area contributed by atoms with Gasteiger partial charge in [-0.1, -0.05) is 46.0 Å². The number of hydrogen-bond donors (Lipinski definition) is 2. The van der Waals surface area contributed by atoms with Crippen LogP contribution in [0.2, 0.25) is 0 Å². The molecule has 1 saturated carbocycles. The molecular weight excluding hydrogens is 196 g/mol. The van der Waals surface area contributed by atoms with Gasteiger partial charge in [0.25, 0.3) is 0 Å². The van der Waals surface area contributed by atoms with Crippen molar-refractivity contribution < 1.29 is 0 Å². The lowest BCUT2D eigenvalue weighted by Crippen LogP contribution is -2.33. The summed E-state index contributed by atoms with van der Waals surface area (Å²) < 4.78 is 0. The van der Waals surface area contributed by atoms with Crippen LogP contribution in [0, 0.1) is 5.92 Å². The van der Waals surface area contributed by atoms with Crippen molar-refractivity contribution in [3.05, 3.63) is 0 Å². The zero-order valence-corrected chi connectivity index (χ0v) is 11.2. The fourth-order valence-corrected chi connectivity index (χ4v) is 2.50. The average Bonchev–Trinajstić information content (AvgIpc) is 2.19. The Balaban J connectivity index is 1.97. The van der Waals surface area contributed by atoms with E-state index in [2.05, 4.69) is 24.5 Å². The summed E-state index contributed by atoms with van der Waals surface area (Å²) in [6.45, 7) is 7.86. The lowest BCUT2D eigenvalue weighted by Gasteiger charge is -2.20. The van der Waals surface area contributed by atoms with Crippen LogP contribution in [0.4, 0.5) is 0 Å². The van der Waals surface area contributed by atoms with E-state index in [9.17, 15) is 0 Å². The van der Waals surface area contributed by atoms with E-state index in [1.807, 2.05) is 0 Å². The molecule has 16 heavy (non-hydrogen) atoms. The average molecular weight is 226 g/mol. The highest BCUT2D eigenvalue weighted by molar-refractivity contribution is 4.66. The van der Waals surface area contributed by atoms with Crippen LogP contribution in [-0.2, 0) is 0 Å². The van der Waals surface area contributed by atoms with Crippen LogP contribution in [0.15, 0.2) is 0 Å². The predicted molar refractivity (Wildman–Crippen MR) is 71.8 cm³/mol. The molecule has 2 nitrogen and oxygen atoms in total. The van der Waals surface area contributed by atoms with Gasteiger partial charge in [0.2, 0.25) is 0 Å². The van der Waals surface area contributed by atoms with E-state index in [1.165, 1.54) is 51.5 Å². The minimum Gasteiger partial charge on any atom is -0.315 e. The normalized spacial score (nSPS) is 19.7. The Morgan fingerprint density at radius 3 is 2.19 bits per heavy atom. The van der Waals surface area contributed by atoms with Crippen molar-refractivity contribution in [2.24, 2.45) is 5.92 Å². The van der Waals surface area contributed by atoms with E-state index in [-0.39, 0.29) is 0 Å². The van der Waals surface area contributed by atoms with Gasteiger partial charge in [0, 0.05) is 19.1 Å². The number of hydrogen-bond acceptors (Lipinski definition) is 2. The van der Waals surface area contributed by atoms with Crippen LogP contribution in [-0.4, -0.2) is 25.7 Å². The lowest BCUT2D eigenvalue weighted by atomic mass is 9.91. The molecule has 0 unspecified atom stereocenters. The van der Waals surface area contributed by atoms with Crippen molar-refractivity contribution in [1.82, 2.24) is 10.6 Å². The number of nitrogens with one attached hydrogen (secondary N) is 2. The molecule has 0 saturated heterocycles. The molecule has 1 aliphatic rings. The highest BCUT2D eigenvalue weighted by Crippen LogP contribution is 2.21. The smallest absolute Gasteiger partial charge is 0.00790 e. The summed E-state index contributed by atoms with van der Waals surface area (Å²) in [5.41, 5.74) is 0. The first-order valence-corrected chi connectivity index (χ1v) is 7.23. The SMILES string of the molecule is CC(C)NCCNCC1CCCCCCC1. The summed E-state index contributed by atoms with van der Waals surface area (Å²) >= 11 is 0. The van der Waals surface area contributed by atoms with Gasteiger partial charge in [-0.25, -0.2) is 0 Å². The van der Waals surface area contributed by atoms with Gasteiger partial charge in [0.1, 0.15) is 0 Å². The van der Waals surface area contributed by atoms with Crippen molar-refractivity contribution in [1.29, 1.82) is 0 Å². The maximum Gasteiger partial charge on any atom is 0.00790 e. The fourth-order valence-electron chi connectivity index (χ4n) is 2.50. The molecule has 0 amide bonds. The summed E-state index contributed by atoms with van der Waals surface area (Å²) in [5, 5.41) is 7.04. The third kappa shape index (κ3) is 7.24. The van der Waals surface area contributed by atoms with Gasteiger partial charge in [-0.3, -0.25) is 0 Å². The molecule has 2 heteroatoms. The monoisotopic (exact) mass is 226 g/mol. The first-order chi connectivity index (χ1) is 7.79. The predicted octanol–water partition coefficient (Wildman–Crippen LogP) is 2.93. The van der Waals surface area contributed by atoms with Gasteiger partial charge >= 0.3 is 0 Å².